The van der Waals surface area contributed by atoms with Gasteiger partial charge in [-0.25, -0.2) is 19.2 Å². The van der Waals surface area contributed by atoms with Crippen molar-refractivity contribution < 1.29 is 46.4 Å². The van der Waals surface area contributed by atoms with Crippen molar-refractivity contribution in [1.82, 2.24) is 29.9 Å². The highest BCUT2D eigenvalue weighted by Crippen LogP contribution is 2.28. The van der Waals surface area contributed by atoms with E-state index in [0.29, 0.717) is 96.4 Å². The summed E-state index contributed by atoms with van der Waals surface area (Å²) in [6.07, 6.45) is 8.49. The van der Waals surface area contributed by atoms with Gasteiger partial charge < -0.3 is 59.1 Å². The van der Waals surface area contributed by atoms with Gasteiger partial charge in [-0.2, -0.15) is 29.9 Å². The fourth-order valence-corrected chi connectivity index (χ4v) is 22.9. The Morgan fingerprint density at radius 1 is 0.348 bits per heavy atom. The number of ether oxygens (including phenoxy) is 4. The second-order valence-electron chi connectivity index (χ2n) is 22.6. The van der Waals surface area contributed by atoms with Crippen molar-refractivity contribution in [3.63, 3.8) is 0 Å². The lowest BCUT2D eigenvalue weighted by atomic mass is 10.2. The molecule has 2 aromatic heterocycles. The quantitative estimate of drug-likeness (QED) is 0.00910. The van der Waals surface area contributed by atoms with Crippen molar-refractivity contribution in [1.29, 1.82) is 0 Å². The molecular weight excluding hydrogens is 1180 g/mol. The number of aromatic nitrogens is 6. The van der Waals surface area contributed by atoms with E-state index >= 15 is 0 Å². The molecular formula is C64H96N12O10Si3. The molecule has 0 aliphatic rings. The van der Waals surface area contributed by atoms with Crippen LogP contribution in [-0.2, 0) is 27.2 Å². The summed E-state index contributed by atoms with van der Waals surface area (Å²) in [7, 11) is -7.07. The minimum Gasteiger partial charge on any atom is -0.462 e. The third-order valence-corrected chi connectivity index (χ3v) is 24.7. The summed E-state index contributed by atoms with van der Waals surface area (Å²) in [5, 5.41) is 19.8. The lowest BCUT2D eigenvalue weighted by Crippen LogP contribution is -2.52. The zero-order chi connectivity index (χ0) is 62.7. The summed E-state index contributed by atoms with van der Waals surface area (Å²) in [5.74, 6) is 0.280. The van der Waals surface area contributed by atoms with Crippen molar-refractivity contribution >= 4 is 108 Å². The molecule has 4 aromatic carbocycles. The first-order chi connectivity index (χ1) is 41.7. The topological polar surface area (TPSA) is 273 Å². The van der Waals surface area contributed by atoms with Gasteiger partial charge in [0.15, 0.2) is 16.6 Å². The van der Waals surface area contributed by atoms with Crippen molar-refractivity contribution in [3.8, 4) is 0 Å². The van der Waals surface area contributed by atoms with E-state index in [2.05, 4.69) is 81.2 Å². The summed E-state index contributed by atoms with van der Waals surface area (Å²) >= 11 is 0. The molecule has 0 atom stereocenters. The van der Waals surface area contributed by atoms with E-state index in [1.54, 1.807) is 97.1 Å². The van der Waals surface area contributed by atoms with Gasteiger partial charge in [0.2, 0.25) is 35.7 Å². The maximum atomic E-state index is 12.6. The average molecular weight is 1280 g/mol. The molecule has 6 aromatic rings. The highest BCUT2D eigenvalue weighted by Gasteiger charge is 2.39. The Kier molecular flexibility index (Phi) is 30.8. The van der Waals surface area contributed by atoms with E-state index in [4.69, 9.17) is 47.1 Å². The van der Waals surface area contributed by atoms with Gasteiger partial charge in [-0.15, -0.1) is 0 Å². The SMILES string of the molecule is C.C.CCCCOC(=O)c1ccc(Nc2nc(NCCC[Si](C)(C)O[Si](C)(C)O[Si](C)(C)CCCNc3nc(Nc4ccc(C(=O)OCCCC)cc4)nc(Nc4ccc(C(=O)OCCCC)cc4)n3)nc(Nc3ccc(C(=O)OCCCC)cc3)n2)cc1. The molecule has 89 heavy (non-hydrogen) atoms. The van der Waals surface area contributed by atoms with Crippen LogP contribution in [0.3, 0.4) is 0 Å². The molecule has 0 aliphatic heterocycles. The smallest absolute Gasteiger partial charge is 0.338 e. The molecule has 22 nitrogen and oxygen atoms in total. The van der Waals surface area contributed by atoms with Crippen LogP contribution in [0.2, 0.25) is 51.4 Å². The predicted molar refractivity (Wildman–Crippen MR) is 363 cm³/mol. The fraction of sp³-hybridized carbons (Fsp3) is 0.469. The highest BCUT2D eigenvalue weighted by atomic mass is 28.5. The van der Waals surface area contributed by atoms with Gasteiger partial charge in [-0.3, -0.25) is 0 Å². The molecule has 6 N–H and O–H groups in total. The van der Waals surface area contributed by atoms with Crippen LogP contribution in [-0.4, -0.2) is 118 Å². The molecule has 0 bridgehead atoms. The second-order valence-corrected chi connectivity index (χ2v) is 35.0. The third kappa shape index (κ3) is 26.4. The second kappa shape index (κ2) is 37.2. The first kappa shape index (κ1) is 73.6. The Balaban J connectivity index is 0.00000846. The van der Waals surface area contributed by atoms with Crippen LogP contribution in [0.15, 0.2) is 97.1 Å². The molecule has 2 heterocycles. The number of anilines is 10. The molecule has 0 saturated heterocycles. The monoisotopic (exact) mass is 1280 g/mol. The van der Waals surface area contributed by atoms with Gasteiger partial charge >= 0.3 is 32.4 Å². The van der Waals surface area contributed by atoms with Crippen LogP contribution >= 0.6 is 0 Å². The van der Waals surface area contributed by atoms with Gasteiger partial charge in [0.05, 0.1) is 48.7 Å². The van der Waals surface area contributed by atoms with Crippen molar-refractivity contribution in [2.75, 3.05) is 71.4 Å². The Morgan fingerprint density at radius 2 is 0.573 bits per heavy atom. The Morgan fingerprint density at radius 3 is 0.798 bits per heavy atom. The lowest BCUT2D eigenvalue weighted by molar-refractivity contribution is 0.0490. The summed E-state index contributed by atoms with van der Waals surface area (Å²) in [5.41, 5.74) is 4.42. The molecule has 0 unspecified atom stereocenters. The first-order valence-electron chi connectivity index (χ1n) is 30.3. The maximum Gasteiger partial charge on any atom is 0.338 e. The lowest BCUT2D eigenvalue weighted by Gasteiger charge is -2.38. The number of rotatable bonds is 38. The number of hydrogen-bond donors (Lipinski definition) is 6. The van der Waals surface area contributed by atoms with E-state index < -0.39 is 25.2 Å². The maximum absolute atomic E-state index is 12.6. The summed E-state index contributed by atoms with van der Waals surface area (Å²) in [6, 6.07) is 29.4. The van der Waals surface area contributed by atoms with Crippen molar-refractivity contribution in [3.05, 3.63) is 119 Å². The van der Waals surface area contributed by atoms with Crippen LogP contribution in [0.25, 0.3) is 0 Å². The van der Waals surface area contributed by atoms with E-state index in [1.807, 2.05) is 27.7 Å². The van der Waals surface area contributed by atoms with Crippen LogP contribution in [0.1, 0.15) is 148 Å². The van der Waals surface area contributed by atoms with Crippen LogP contribution in [0, 0.1) is 0 Å². The van der Waals surface area contributed by atoms with Crippen LogP contribution in [0.5, 0.6) is 0 Å². The largest absolute Gasteiger partial charge is 0.462 e. The minimum atomic E-state index is -2.59. The zero-order valence-electron chi connectivity index (χ0n) is 52.2. The predicted octanol–water partition coefficient (Wildman–Crippen LogP) is 15.6. The van der Waals surface area contributed by atoms with E-state index in [1.165, 1.54) is 0 Å². The van der Waals surface area contributed by atoms with E-state index in [-0.39, 0.29) is 62.5 Å². The Labute approximate surface area is 530 Å². The molecule has 0 amide bonds. The summed E-state index contributed by atoms with van der Waals surface area (Å²) < 4.78 is 35.5. The number of unbranched alkanes of at least 4 members (excludes halogenated alkanes) is 4. The third-order valence-electron chi connectivity index (χ3n) is 13.2. The Bertz CT molecular complexity index is 2750. The number of hydrogen-bond acceptors (Lipinski definition) is 22. The standard InChI is InChI=1S/C62H88N12O10Si3.2CH4/c1-11-15-39-79-53(75)45-21-29-49(30-22-45)65-59-69-57(70-60(73-59)66-50-31-23-46(24-32-50)54(76)80-40-16-12-2)63-37-19-43-85(5,6)83-87(9,10)84-86(7,8)44-20-38-64-58-71-61(67-51-33-25-47(26-34-51)55(77)81-41-17-13-3)74-62(72-58)68-52-35-27-48(28-36-52)56(78)82-42-18-14-4;;/h21-36H,11-20,37-44H2,1-10H3,(H3,63,65,66,69,70,73)(H3,64,67,68,71,72,74);2*1H4. The average Bonchev–Trinajstić information content (AvgIpc) is 3.69. The molecule has 0 fully saturated rings. The molecule has 484 valence electrons. The van der Waals surface area contributed by atoms with E-state index in [0.717, 1.165) is 76.3 Å². The molecule has 0 aliphatic carbocycles. The van der Waals surface area contributed by atoms with Gasteiger partial charge in [-0.1, -0.05) is 68.2 Å². The molecule has 0 radical (unpaired) electrons. The summed E-state index contributed by atoms with van der Waals surface area (Å²) in [4.78, 5) is 78.3. The molecule has 0 saturated carbocycles. The van der Waals surface area contributed by atoms with Gasteiger partial charge in [0.1, 0.15) is 0 Å². The number of nitrogens with zero attached hydrogens (tertiary/aromatic N) is 6. The number of esters is 4. The fourth-order valence-electron chi connectivity index (χ4n) is 8.86. The van der Waals surface area contributed by atoms with Crippen molar-refractivity contribution in [2.24, 2.45) is 0 Å². The van der Waals surface area contributed by atoms with Crippen LogP contribution in [0.4, 0.5) is 58.4 Å². The number of carbonyl (C=O) groups excluding carboxylic acids is 4. The summed E-state index contributed by atoms with van der Waals surface area (Å²) in [6.45, 7) is 23.9. The Hall–Kier alpha value is -7.85. The highest BCUT2D eigenvalue weighted by molar-refractivity contribution is 6.87. The molecule has 6 rings (SSSR count). The number of nitrogens with one attached hydrogen (secondary N) is 6. The molecule has 25 heteroatoms. The van der Waals surface area contributed by atoms with E-state index in [9.17, 15) is 19.2 Å². The first-order valence-corrected chi connectivity index (χ1v) is 39.4. The van der Waals surface area contributed by atoms with Gasteiger partial charge in [0.25, 0.3) is 0 Å². The zero-order valence-corrected chi connectivity index (χ0v) is 55.2. The van der Waals surface area contributed by atoms with Gasteiger partial charge in [-0.05, 0) is 187 Å². The molecule has 0 spiro atoms. The number of benzene rings is 4. The van der Waals surface area contributed by atoms with Crippen molar-refractivity contribution in [2.45, 2.75) is 158 Å². The van der Waals surface area contributed by atoms with Crippen LogP contribution < -0.4 is 31.9 Å². The van der Waals surface area contributed by atoms with Gasteiger partial charge in [0, 0.05) is 35.8 Å². The number of carbonyl (C=O) groups is 4. The minimum absolute atomic E-state index is 0. The normalized spacial score (nSPS) is 11.3.